The monoisotopic (exact) mass is 512 g/mol. The molecule has 0 saturated heterocycles. The van der Waals surface area contributed by atoms with Crippen molar-refractivity contribution >= 4 is 40.5 Å². The summed E-state index contributed by atoms with van der Waals surface area (Å²) in [4.78, 5) is 44.9. The van der Waals surface area contributed by atoms with E-state index in [4.69, 9.17) is 14.5 Å². The summed E-state index contributed by atoms with van der Waals surface area (Å²) in [6, 6.07) is 21.1. The van der Waals surface area contributed by atoms with Crippen LogP contribution in [0.1, 0.15) is 35.3 Å². The van der Waals surface area contributed by atoms with Gasteiger partial charge in [0, 0.05) is 12.2 Å². The van der Waals surface area contributed by atoms with Crippen molar-refractivity contribution in [2.24, 2.45) is 0 Å². The molecule has 2 amide bonds. The molecule has 38 heavy (non-hydrogen) atoms. The van der Waals surface area contributed by atoms with Crippen molar-refractivity contribution in [1.29, 1.82) is 0 Å². The Kier molecular flexibility index (Phi) is 7.08. The molecular formula is C29H28N4O5. The molecular weight excluding hydrogens is 484 g/mol. The number of para-hydroxylation sites is 2. The lowest BCUT2D eigenvalue weighted by molar-refractivity contribution is -0.124. The molecule has 3 aromatic carbocycles. The Morgan fingerprint density at radius 2 is 1.74 bits per heavy atom. The fourth-order valence-corrected chi connectivity index (χ4v) is 4.63. The number of hydrogen-bond acceptors (Lipinski definition) is 6. The summed E-state index contributed by atoms with van der Waals surface area (Å²) < 4.78 is 12.1. The Morgan fingerprint density at radius 1 is 1.00 bits per heavy atom. The van der Waals surface area contributed by atoms with Gasteiger partial charge in [0.15, 0.2) is 0 Å². The highest BCUT2D eigenvalue weighted by molar-refractivity contribution is 6.05. The van der Waals surface area contributed by atoms with E-state index >= 15 is 0 Å². The maximum atomic E-state index is 13.6. The van der Waals surface area contributed by atoms with Gasteiger partial charge in [-0.3, -0.25) is 19.1 Å². The molecule has 2 heterocycles. The summed E-state index contributed by atoms with van der Waals surface area (Å²) in [6.45, 7) is 2.46. The van der Waals surface area contributed by atoms with Crippen molar-refractivity contribution in [3.05, 3.63) is 83.9 Å². The molecule has 194 valence electrons. The molecule has 0 saturated carbocycles. The summed E-state index contributed by atoms with van der Waals surface area (Å²) in [5.74, 6) is 0.416. The average molecular weight is 513 g/mol. The molecule has 0 fully saturated rings. The average Bonchev–Trinajstić information content (AvgIpc) is 3.42. The molecule has 9 nitrogen and oxygen atoms in total. The quantitative estimate of drug-likeness (QED) is 0.334. The third-order valence-electron chi connectivity index (χ3n) is 6.52. The molecule has 5 rings (SSSR count). The third kappa shape index (κ3) is 4.95. The maximum Gasteiger partial charge on any atom is 0.338 e. The normalized spacial score (nSPS) is 14.4. The number of nitrogens with zero attached hydrogens (tertiary/aromatic N) is 3. The Labute approximate surface area is 220 Å². The summed E-state index contributed by atoms with van der Waals surface area (Å²) in [7, 11) is 1.62. The number of amides is 2. The number of methoxy groups -OCH3 is 1. The van der Waals surface area contributed by atoms with E-state index in [-0.39, 0.29) is 24.8 Å². The SMILES string of the molecule is CCOC(=O)c1ccc(NC(=O)C[C@H]2C(=O)N(CCc3ccc(OC)cc3)c3nc4ccccc4n32)cc1. The number of esters is 1. The zero-order valence-corrected chi connectivity index (χ0v) is 21.2. The van der Waals surface area contributed by atoms with Crippen LogP contribution in [0, 0.1) is 0 Å². The molecule has 0 spiro atoms. The fourth-order valence-electron chi connectivity index (χ4n) is 4.63. The molecule has 4 aromatic rings. The fraction of sp³-hybridized carbons (Fsp3) is 0.241. The van der Waals surface area contributed by atoms with Crippen LogP contribution in [0.4, 0.5) is 11.6 Å². The van der Waals surface area contributed by atoms with Crippen LogP contribution < -0.4 is 15.0 Å². The molecule has 1 N–H and O–H groups in total. The number of fused-ring (bicyclic) bond motifs is 3. The van der Waals surface area contributed by atoms with E-state index in [0.29, 0.717) is 30.2 Å². The number of imidazole rings is 1. The number of carbonyl (C=O) groups excluding carboxylic acids is 3. The molecule has 1 aliphatic rings. The minimum absolute atomic E-state index is 0.0507. The number of rotatable bonds is 9. The maximum absolute atomic E-state index is 13.6. The van der Waals surface area contributed by atoms with Crippen molar-refractivity contribution < 1.29 is 23.9 Å². The number of nitrogens with one attached hydrogen (secondary N) is 1. The molecule has 0 bridgehead atoms. The van der Waals surface area contributed by atoms with Gasteiger partial charge in [-0.15, -0.1) is 0 Å². The van der Waals surface area contributed by atoms with Crippen molar-refractivity contribution in [2.45, 2.75) is 25.8 Å². The van der Waals surface area contributed by atoms with Gasteiger partial charge in [-0.2, -0.15) is 0 Å². The first kappa shape index (κ1) is 25.0. The van der Waals surface area contributed by atoms with Crippen molar-refractivity contribution in [1.82, 2.24) is 9.55 Å². The summed E-state index contributed by atoms with van der Waals surface area (Å²) in [6.07, 6.45) is 0.579. The van der Waals surface area contributed by atoms with Gasteiger partial charge in [-0.25, -0.2) is 9.78 Å². The molecule has 1 aliphatic heterocycles. The lowest BCUT2D eigenvalue weighted by Gasteiger charge is -2.16. The van der Waals surface area contributed by atoms with Gasteiger partial charge in [0.2, 0.25) is 11.9 Å². The molecule has 9 heteroatoms. The highest BCUT2D eigenvalue weighted by Crippen LogP contribution is 2.36. The Balaban J connectivity index is 1.33. The van der Waals surface area contributed by atoms with Crippen LogP contribution in [0.15, 0.2) is 72.8 Å². The van der Waals surface area contributed by atoms with E-state index in [0.717, 1.165) is 22.3 Å². The predicted molar refractivity (Wildman–Crippen MR) is 143 cm³/mol. The summed E-state index contributed by atoms with van der Waals surface area (Å²) >= 11 is 0. The van der Waals surface area contributed by atoms with Crippen LogP contribution in [0.2, 0.25) is 0 Å². The minimum Gasteiger partial charge on any atom is -0.497 e. The molecule has 0 unspecified atom stereocenters. The number of benzene rings is 3. The molecule has 0 aliphatic carbocycles. The van der Waals surface area contributed by atoms with Crippen molar-refractivity contribution in [3.8, 4) is 5.75 Å². The van der Waals surface area contributed by atoms with Crippen LogP contribution in [0.25, 0.3) is 11.0 Å². The number of anilines is 2. The van der Waals surface area contributed by atoms with Gasteiger partial charge in [0.25, 0.3) is 5.91 Å². The largest absolute Gasteiger partial charge is 0.497 e. The van der Waals surface area contributed by atoms with Gasteiger partial charge in [0.1, 0.15) is 11.8 Å². The summed E-state index contributed by atoms with van der Waals surface area (Å²) in [5, 5.41) is 2.83. The van der Waals surface area contributed by atoms with E-state index in [1.807, 2.05) is 53.1 Å². The Morgan fingerprint density at radius 3 is 2.45 bits per heavy atom. The van der Waals surface area contributed by atoms with E-state index in [2.05, 4.69) is 5.32 Å². The van der Waals surface area contributed by atoms with Crippen LogP contribution in [0.5, 0.6) is 5.75 Å². The molecule has 1 atom stereocenters. The number of aromatic nitrogens is 2. The van der Waals surface area contributed by atoms with E-state index < -0.39 is 12.0 Å². The minimum atomic E-state index is -0.716. The summed E-state index contributed by atoms with van der Waals surface area (Å²) in [5.41, 5.74) is 3.57. The van der Waals surface area contributed by atoms with Crippen LogP contribution in [-0.4, -0.2) is 47.6 Å². The van der Waals surface area contributed by atoms with E-state index in [1.165, 1.54) is 0 Å². The van der Waals surface area contributed by atoms with Gasteiger partial charge in [0.05, 0.1) is 36.7 Å². The second-order valence-corrected chi connectivity index (χ2v) is 8.92. The molecule has 1 aromatic heterocycles. The first-order valence-electron chi connectivity index (χ1n) is 12.5. The lowest BCUT2D eigenvalue weighted by atomic mass is 10.1. The van der Waals surface area contributed by atoms with Gasteiger partial charge in [-0.1, -0.05) is 24.3 Å². The van der Waals surface area contributed by atoms with Crippen molar-refractivity contribution in [3.63, 3.8) is 0 Å². The predicted octanol–water partition coefficient (Wildman–Crippen LogP) is 4.38. The van der Waals surface area contributed by atoms with Crippen LogP contribution in [0.3, 0.4) is 0 Å². The highest BCUT2D eigenvalue weighted by atomic mass is 16.5. The number of carbonyl (C=O) groups is 3. The second-order valence-electron chi connectivity index (χ2n) is 8.92. The zero-order valence-electron chi connectivity index (χ0n) is 21.2. The van der Waals surface area contributed by atoms with Gasteiger partial charge >= 0.3 is 5.97 Å². The first-order valence-corrected chi connectivity index (χ1v) is 12.5. The number of hydrogen-bond donors (Lipinski definition) is 1. The van der Waals surface area contributed by atoms with Crippen LogP contribution in [-0.2, 0) is 20.7 Å². The third-order valence-corrected chi connectivity index (χ3v) is 6.52. The van der Waals surface area contributed by atoms with Gasteiger partial charge in [-0.05, 0) is 67.4 Å². The standard InChI is InChI=1S/C29H28N4O5/c1-3-38-28(36)20-10-12-21(13-11-20)30-26(34)18-25-27(35)32(17-16-19-8-14-22(37-2)15-9-19)29-31-23-6-4-5-7-24(23)33(25)29/h4-15,25H,3,16-18H2,1-2H3,(H,30,34)/t25-/m0/s1. The lowest BCUT2D eigenvalue weighted by Crippen LogP contribution is -2.33. The van der Waals surface area contributed by atoms with Crippen LogP contribution >= 0.6 is 0 Å². The second kappa shape index (κ2) is 10.8. The smallest absolute Gasteiger partial charge is 0.338 e. The Bertz CT molecular complexity index is 1480. The van der Waals surface area contributed by atoms with Crippen molar-refractivity contribution in [2.75, 3.05) is 30.5 Å². The van der Waals surface area contributed by atoms with E-state index in [9.17, 15) is 14.4 Å². The molecule has 0 radical (unpaired) electrons. The highest BCUT2D eigenvalue weighted by Gasteiger charge is 2.40. The van der Waals surface area contributed by atoms with E-state index in [1.54, 1.807) is 43.2 Å². The van der Waals surface area contributed by atoms with Gasteiger partial charge < -0.3 is 14.8 Å². The Hall–Kier alpha value is -4.66. The topological polar surface area (TPSA) is 103 Å². The number of ether oxygens (including phenoxy) is 2. The zero-order chi connectivity index (χ0) is 26.6. The first-order chi connectivity index (χ1) is 18.5.